The first-order chi connectivity index (χ1) is 9.49. The Morgan fingerprint density at radius 3 is 2.35 bits per heavy atom. The summed E-state index contributed by atoms with van der Waals surface area (Å²) < 4.78 is 37.3. The summed E-state index contributed by atoms with van der Waals surface area (Å²) in [6, 6.07) is 6.98. The highest BCUT2D eigenvalue weighted by atomic mass is 32.2. The summed E-state index contributed by atoms with van der Waals surface area (Å²) in [6.07, 6.45) is 0.226. The zero-order chi connectivity index (χ0) is 14.6. The number of hydrogen-bond acceptors (Lipinski definition) is 4. The zero-order valence-electron chi connectivity index (χ0n) is 11.8. The molecule has 0 radical (unpaired) electrons. The van der Waals surface area contributed by atoms with Crippen LogP contribution in [0.1, 0.15) is 31.7 Å². The molecule has 20 heavy (non-hydrogen) atoms. The maximum Gasteiger partial charge on any atom is 0.240 e. The summed E-state index contributed by atoms with van der Waals surface area (Å²) in [5.74, 6) is 0.386. The third-order valence-corrected chi connectivity index (χ3v) is 4.70. The quantitative estimate of drug-likeness (QED) is 0.870. The van der Waals surface area contributed by atoms with E-state index in [-0.39, 0.29) is 11.2 Å². The zero-order valence-corrected chi connectivity index (χ0v) is 12.7. The molecule has 0 unspecified atom stereocenters. The van der Waals surface area contributed by atoms with Gasteiger partial charge in [-0.3, -0.25) is 0 Å². The van der Waals surface area contributed by atoms with Crippen LogP contribution in [-0.2, 0) is 19.5 Å². The van der Waals surface area contributed by atoms with Crippen molar-refractivity contribution in [2.24, 2.45) is 0 Å². The van der Waals surface area contributed by atoms with Crippen molar-refractivity contribution in [3.05, 3.63) is 29.8 Å². The largest absolute Gasteiger partial charge is 0.350 e. The normalized spacial score (nSPS) is 16.9. The van der Waals surface area contributed by atoms with E-state index in [0.29, 0.717) is 32.1 Å². The predicted octanol–water partition coefficient (Wildman–Crippen LogP) is 1.85. The molecular weight excluding hydrogens is 278 g/mol. The van der Waals surface area contributed by atoms with Gasteiger partial charge in [-0.15, -0.1) is 0 Å². The van der Waals surface area contributed by atoms with Gasteiger partial charge in [0.15, 0.2) is 6.29 Å². The molecular formula is C14H21NO4S. The highest BCUT2D eigenvalue weighted by molar-refractivity contribution is 7.89. The van der Waals surface area contributed by atoms with Crippen molar-refractivity contribution >= 4 is 10.0 Å². The second kappa shape index (κ2) is 6.67. The molecule has 1 fully saturated rings. The van der Waals surface area contributed by atoms with Gasteiger partial charge in [-0.25, -0.2) is 13.1 Å². The molecule has 112 valence electrons. The van der Waals surface area contributed by atoms with Gasteiger partial charge >= 0.3 is 0 Å². The molecule has 1 aliphatic rings. The average molecular weight is 299 g/mol. The molecule has 0 spiro atoms. The van der Waals surface area contributed by atoms with Crippen LogP contribution in [0.15, 0.2) is 29.2 Å². The number of ether oxygens (including phenoxy) is 2. The molecule has 2 rings (SSSR count). The average Bonchev–Trinajstić information content (AvgIpc) is 2.92. The summed E-state index contributed by atoms with van der Waals surface area (Å²) in [5, 5.41) is 0. The van der Waals surface area contributed by atoms with Crippen LogP contribution in [0.2, 0.25) is 0 Å². The van der Waals surface area contributed by atoms with E-state index in [1.54, 1.807) is 12.1 Å². The number of sulfonamides is 1. The highest BCUT2D eigenvalue weighted by Gasteiger charge is 2.18. The highest BCUT2D eigenvalue weighted by Crippen LogP contribution is 2.17. The van der Waals surface area contributed by atoms with E-state index in [2.05, 4.69) is 18.6 Å². The minimum Gasteiger partial charge on any atom is -0.350 e. The number of benzene rings is 1. The van der Waals surface area contributed by atoms with Gasteiger partial charge in [0.1, 0.15) is 0 Å². The molecule has 0 atom stereocenters. The summed E-state index contributed by atoms with van der Waals surface area (Å²) in [5.41, 5.74) is 1.12. The number of rotatable bonds is 6. The van der Waals surface area contributed by atoms with Gasteiger partial charge < -0.3 is 9.47 Å². The standard InChI is InChI=1S/C14H21NO4S/c1-11(2)12-3-5-13(6-4-12)20(16,17)15-8-7-14-18-9-10-19-14/h3-6,11,14-15H,7-10H2,1-2H3. The van der Waals surface area contributed by atoms with Gasteiger partial charge in [0.05, 0.1) is 18.1 Å². The van der Waals surface area contributed by atoms with Gasteiger partial charge in [-0.2, -0.15) is 0 Å². The van der Waals surface area contributed by atoms with Gasteiger partial charge in [-0.05, 0) is 23.6 Å². The monoisotopic (exact) mass is 299 g/mol. The van der Waals surface area contributed by atoms with E-state index in [1.165, 1.54) is 0 Å². The Balaban J connectivity index is 1.91. The molecule has 6 heteroatoms. The van der Waals surface area contributed by atoms with Crippen LogP contribution in [0.4, 0.5) is 0 Å². The van der Waals surface area contributed by atoms with E-state index < -0.39 is 10.0 Å². The van der Waals surface area contributed by atoms with Crippen LogP contribution >= 0.6 is 0 Å². The fourth-order valence-electron chi connectivity index (χ4n) is 2.00. The fraction of sp³-hybridized carbons (Fsp3) is 0.571. The molecule has 5 nitrogen and oxygen atoms in total. The molecule has 0 saturated carbocycles. The van der Waals surface area contributed by atoms with Gasteiger partial charge in [0.25, 0.3) is 0 Å². The van der Waals surface area contributed by atoms with Crippen molar-refractivity contribution in [2.75, 3.05) is 19.8 Å². The van der Waals surface area contributed by atoms with E-state index in [1.807, 2.05) is 12.1 Å². The van der Waals surface area contributed by atoms with Crippen molar-refractivity contribution in [3.8, 4) is 0 Å². The predicted molar refractivity (Wildman–Crippen MR) is 76.0 cm³/mol. The van der Waals surface area contributed by atoms with Crippen molar-refractivity contribution in [1.82, 2.24) is 4.72 Å². The number of nitrogens with one attached hydrogen (secondary N) is 1. The molecule has 1 N–H and O–H groups in total. The Bertz CT molecular complexity index is 519. The SMILES string of the molecule is CC(C)c1ccc(S(=O)(=O)NCCC2OCCO2)cc1. The maximum atomic E-state index is 12.1. The molecule has 1 aromatic carbocycles. The Morgan fingerprint density at radius 1 is 1.20 bits per heavy atom. The second-order valence-electron chi connectivity index (χ2n) is 5.08. The van der Waals surface area contributed by atoms with Gasteiger partial charge in [0, 0.05) is 13.0 Å². The van der Waals surface area contributed by atoms with Crippen LogP contribution in [0.5, 0.6) is 0 Å². The summed E-state index contributed by atoms with van der Waals surface area (Å²) in [7, 11) is -3.46. The van der Waals surface area contributed by atoms with Crippen molar-refractivity contribution < 1.29 is 17.9 Å². The molecule has 1 aliphatic heterocycles. The lowest BCUT2D eigenvalue weighted by atomic mass is 10.0. The van der Waals surface area contributed by atoms with E-state index in [0.717, 1.165) is 5.56 Å². The Morgan fingerprint density at radius 2 is 1.80 bits per heavy atom. The first-order valence-corrected chi connectivity index (χ1v) is 8.30. The van der Waals surface area contributed by atoms with E-state index in [4.69, 9.17) is 9.47 Å². The minimum atomic E-state index is -3.46. The lowest BCUT2D eigenvalue weighted by molar-refractivity contribution is -0.0451. The third kappa shape index (κ3) is 4.02. The first kappa shape index (κ1) is 15.4. The summed E-state index contributed by atoms with van der Waals surface area (Å²) in [6.45, 7) is 5.60. The lowest BCUT2D eigenvalue weighted by Gasteiger charge is -2.11. The Labute approximate surface area is 120 Å². The van der Waals surface area contributed by atoms with E-state index >= 15 is 0 Å². The summed E-state index contributed by atoms with van der Waals surface area (Å²) >= 11 is 0. The van der Waals surface area contributed by atoms with E-state index in [9.17, 15) is 8.42 Å². The van der Waals surface area contributed by atoms with Crippen molar-refractivity contribution in [3.63, 3.8) is 0 Å². The van der Waals surface area contributed by atoms with Crippen molar-refractivity contribution in [1.29, 1.82) is 0 Å². The van der Waals surface area contributed by atoms with Crippen LogP contribution in [-0.4, -0.2) is 34.5 Å². The van der Waals surface area contributed by atoms with Gasteiger partial charge in [-0.1, -0.05) is 26.0 Å². The minimum absolute atomic E-state index is 0.287. The second-order valence-corrected chi connectivity index (χ2v) is 6.85. The number of hydrogen-bond donors (Lipinski definition) is 1. The molecule has 0 bridgehead atoms. The molecule has 1 aromatic rings. The Kier molecular flexibility index (Phi) is 5.15. The fourth-order valence-corrected chi connectivity index (χ4v) is 3.05. The van der Waals surface area contributed by atoms with Crippen LogP contribution in [0, 0.1) is 0 Å². The first-order valence-electron chi connectivity index (χ1n) is 6.82. The summed E-state index contributed by atoms with van der Waals surface area (Å²) in [4.78, 5) is 0.287. The smallest absolute Gasteiger partial charge is 0.240 e. The molecule has 0 amide bonds. The van der Waals surface area contributed by atoms with Gasteiger partial charge in [0.2, 0.25) is 10.0 Å². The maximum absolute atomic E-state index is 12.1. The molecule has 0 aromatic heterocycles. The topological polar surface area (TPSA) is 64.6 Å². The lowest BCUT2D eigenvalue weighted by Crippen LogP contribution is -2.27. The van der Waals surface area contributed by atoms with Crippen molar-refractivity contribution in [2.45, 2.75) is 37.4 Å². The molecule has 1 saturated heterocycles. The van der Waals surface area contributed by atoms with Crippen LogP contribution in [0.3, 0.4) is 0 Å². The Hall–Kier alpha value is -0.950. The third-order valence-electron chi connectivity index (χ3n) is 3.22. The van der Waals surface area contributed by atoms with Crippen LogP contribution in [0.25, 0.3) is 0 Å². The van der Waals surface area contributed by atoms with Crippen LogP contribution < -0.4 is 4.72 Å². The molecule has 0 aliphatic carbocycles. The molecule has 1 heterocycles.